The van der Waals surface area contributed by atoms with Crippen molar-refractivity contribution in [3.8, 4) is 0 Å². The second-order valence-corrected chi connectivity index (χ2v) is 20.5. The quantitative estimate of drug-likeness (QED) is 0.0527. The van der Waals surface area contributed by atoms with Crippen molar-refractivity contribution in [3.63, 3.8) is 0 Å². The third-order valence-corrected chi connectivity index (χ3v) is 13.8. The molecule has 12 nitrogen and oxygen atoms in total. The number of rotatable bonds is 27. The molecule has 0 radical (unpaired) electrons. The van der Waals surface area contributed by atoms with E-state index in [2.05, 4.69) is 0 Å². The molecule has 6 aromatic carbocycles. The van der Waals surface area contributed by atoms with Gasteiger partial charge >= 0.3 is 5.97 Å². The zero-order chi connectivity index (χ0) is 52.5. The summed E-state index contributed by atoms with van der Waals surface area (Å²) in [4.78, 5) is 13.3. The second-order valence-electron chi connectivity index (χ2n) is 20.5. The minimum Gasteiger partial charge on any atom is -0.479 e. The highest BCUT2D eigenvalue weighted by Gasteiger charge is 2.51. The molecule has 0 aromatic heterocycles. The molecule has 8 rings (SSSR count). The van der Waals surface area contributed by atoms with Gasteiger partial charge in [0.1, 0.15) is 24.4 Å². The van der Waals surface area contributed by atoms with Crippen LogP contribution in [0.2, 0.25) is 0 Å². The Morgan fingerprint density at radius 3 is 1.08 bits per heavy atom. The van der Waals surface area contributed by atoms with Crippen LogP contribution in [0.25, 0.3) is 0 Å². The normalized spacial score (nSPS) is 23.1. The monoisotopic (exact) mass is 1020 g/mol. The van der Waals surface area contributed by atoms with Crippen molar-refractivity contribution in [2.24, 2.45) is 0 Å². The number of carbonyl (C=O) groups is 1. The number of carboxylic acids is 1. The maximum atomic E-state index is 13.3. The molecule has 2 saturated heterocycles. The van der Waals surface area contributed by atoms with Gasteiger partial charge < -0.3 is 52.5 Å². The van der Waals surface area contributed by atoms with E-state index in [-0.39, 0.29) is 12.8 Å². The zero-order valence-corrected chi connectivity index (χ0v) is 43.9. The summed E-state index contributed by atoms with van der Waals surface area (Å²) in [6.45, 7) is 11.6. The number of hydrogen-bond donors (Lipinski definition) is 1. The van der Waals surface area contributed by atoms with Gasteiger partial charge in [0.2, 0.25) is 0 Å². The SMILES string of the molecule is C[C@H](CC(O[C@@H]1C[C@@H](OCc2ccccc2)[C@H](OCc2ccccc2)[C@@H](C(C)(C)OCc2ccccc2)O1)C(=O)O)O[C@@H]1C[C@@H](OCc2ccccc2)[C@H](OCc2ccccc2)[C@@H](C(C)(C)OCc2ccccc2)O1. The lowest BCUT2D eigenvalue weighted by molar-refractivity contribution is -0.321. The first-order chi connectivity index (χ1) is 36.4. The summed E-state index contributed by atoms with van der Waals surface area (Å²) in [5.74, 6) is -1.16. The first kappa shape index (κ1) is 55.6. The molecule has 0 aliphatic carbocycles. The Hall–Kier alpha value is -5.61. The molecule has 2 heterocycles. The average molecular weight is 1020 g/mol. The van der Waals surface area contributed by atoms with Gasteiger partial charge in [-0.3, -0.25) is 0 Å². The number of carboxylic acid groups (broad SMARTS) is 1. The third kappa shape index (κ3) is 16.7. The largest absolute Gasteiger partial charge is 0.479 e. The van der Waals surface area contributed by atoms with Crippen molar-refractivity contribution in [2.45, 2.75) is 166 Å². The number of hydrogen-bond acceptors (Lipinski definition) is 11. The van der Waals surface area contributed by atoms with Crippen molar-refractivity contribution in [2.75, 3.05) is 0 Å². The molecule has 2 fully saturated rings. The van der Waals surface area contributed by atoms with E-state index < -0.39 is 78.6 Å². The summed E-state index contributed by atoms with van der Waals surface area (Å²) in [6, 6.07) is 59.8. The van der Waals surface area contributed by atoms with Gasteiger partial charge in [-0.2, -0.15) is 0 Å². The van der Waals surface area contributed by atoms with Crippen LogP contribution in [0.15, 0.2) is 182 Å². The van der Waals surface area contributed by atoms with Gasteiger partial charge in [0, 0.05) is 19.3 Å². The van der Waals surface area contributed by atoms with Gasteiger partial charge in [-0.15, -0.1) is 0 Å². The van der Waals surface area contributed by atoms with E-state index in [4.69, 9.17) is 47.4 Å². The maximum Gasteiger partial charge on any atom is 0.333 e. The number of benzene rings is 6. The van der Waals surface area contributed by atoms with Gasteiger partial charge in [-0.1, -0.05) is 182 Å². The topological polar surface area (TPSA) is 130 Å². The lowest BCUT2D eigenvalue weighted by atomic mass is 9.89. The van der Waals surface area contributed by atoms with Crippen LogP contribution in [0.3, 0.4) is 0 Å². The molecule has 0 bridgehead atoms. The lowest BCUT2D eigenvalue weighted by Crippen LogP contribution is -2.60. The smallest absolute Gasteiger partial charge is 0.333 e. The van der Waals surface area contributed by atoms with E-state index in [9.17, 15) is 9.90 Å². The van der Waals surface area contributed by atoms with Crippen LogP contribution in [0.5, 0.6) is 0 Å². The summed E-state index contributed by atoms with van der Waals surface area (Å²) in [5.41, 5.74) is 4.13. The Morgan fingerprint density at radius 1 is 0.467 bits per heavy atom. The highest BCUT2D eigenvalue weighted by atomic mass is 16.7. The van der Waals surface area contributed by atoms with Crippen molar-refractivity contribution in [1.82, 2.24) is 0 Å². The second kappa shape index (κ2) is 27.4. The molecule has 0 saturated carbocycles. The summed E-state index contributed by atoms with van der Waals surface area (Å²) >= 11 is 0. The molecule has 2 aliphatic heterocycles. The zero-order valence-electron chi connectivity index (χ0n) is 43.9. The molecular weight excluding hydrogens is 949 g/mol. The number of aliphatic carboxylic acids is 1. The summed E-state index contributed by atoms with van der Waals surface area (Å²) in [5, 5.41) is 10.9. The van der Waals surface area contributed by atoms with Crippen LogP contribution >= 0.6 is 0 Å². The number of ether oxygens (including phenoxy) is 10. The predicted molar refractivity (Wildman–Crippen MR) is 285 cm³/mol. The maximum absolute atomic E-state index is 13.3. The van der Waals surface area contributed by atoms with Gasteiger partial charge in [-0.25, -0.2) is 4.79 Å². The molecular formula is C63H74O12. The van der Waals surface area contributed by atoms with Crippen molar-refractivity contribution in [1.29, 1.82) is 0 Å². The predicted octanol–water partition coefficient (Wildman–Crippen LogP) is 11.8. The van der Waals surface area contributed by atoms with Crippen LogP contribution in [-0.4, -0.2) is 83.7 Å². The molecule has 0 amide bonds. The van der Waals surface area contributed by atoms with Crippen molar-refractivity contribution in [3.05, 3.63) is 215 Å². The summed E-state index contributed by atoms with van der Waals surface area (Å²) in [6.07, 6.45) is -7.09. The van der Waals surface area contributed by atoms with Gasteiger partial charge in [0.05, 0.1) is 69.2 Å². The molecule has 6 aromatic rings. The Bertz CT molecular complexity index is 2550. The standard InChI is InChI=1S/C63H74O12/c1-45(72-55-37-52(66-39-46-24-12-6-13-25-46)57(68-41-48-28-16-8-17-29-48)59(74-55)62(2,3)70-43-50-32-20-10-21-33-50)36-54(61(64)65)73-56-38-53(67-40-47-26-14-7-15-27-47)58(69-42-49-30-18-9-19-31-49)60(75-56)63(4,5)71-44-51-34-22-11-23-35-51/h6-35,45,52-60H,36-44H2,1-5H3,(H,64,65)/t45-,52-,53-,54?,55+,56+,57+,58+,59+,60+/m1/s1. The Morgan fingerprint density at radius 2 is 0.760 bits per heavy atom. The molecule has 0 spiro atoms. The first-order valence-corrected chi connectivity index (χ1v) is 26.2. The Balaban J connectivity index is 1.02. The van der Waals surface area contributed by atoms with Crippen LogP contribution < -0.4 is 0 Å². The van der Waals surface area contributed by atoms with E-state index in [0.29, 0.717) is 46.1 Å². The Labute approximate surface area is 443 Å². The van der Waals surface area contributed by atoms with Crippen LogP contribution in [-0.2, 0) is 91.8 Å². The van der Waals surface area contributed by atoms with Crippen molar-refractivity contribution >= 4 is 5.97 Å². The molecule has 12 heteroatoms. The average Bonchev–Trinajstić information content (AvgIpc) is 3.43. The van der Waals surface area contributed by atoms with Gasteiger partial charge in [0.15, 0.2) is 18.7 Å². The fraction of sp³-hybridized carbons (Fsp3) is 0.413. The highest BCUT2D eigenvalue weighted by molar-refractivity contribution is 5.72. The summed E-state index contributed by atoms with van der Waals surface area (Å²) < 4.78 is 67.5. The van der Waals surface area contributed by atoms with Crippen LogP contribution in [0, 0.1) is 0 Å². The molecule has 398 valence electrons. The van der Waals surface area contributed by atoms with Crippen LogP contribution in [0.4, 0.5) is 0 Å². The van der Waals surface area contributed by atoms with Crippen LogP contribution in [0.1, 0.15) is 87.3 Å². The van der Waals surface area contributed by atoms with E-state index in [1.54, 1.807) is 0 Å². The van der Waals surface area contributed by atoms with E-state index in [0.717, 1.165) is 33.4 Å². The van der Waals surface area contributed by atoms with E-state index >= 15 is 0 Å². The molecule has 1 unspecified atom stereocenters. The van der Waals surface area contributed by atoms with Crippen molar-refractivity contribution < 1.29 is 57.3 Å². The fourth-order valence-electron chi connectivity index (χ4n) is 9.59. The lowest BCUT2D eigenvalue weighted by Gasteiger charge is -2.48. The minimum absolute atomic E-state index is 0.0286. The Kier molecular flexibility index (Phi) is 20.3. The molecule has 2 aliphatic rings. The summed E-state index contributed by atoms with van der Waals surface area (Å²) in [7, 11) is 0. The molecule has 10 atom stereocenters. The first-order valence-electron chi connectivity index (χ1n) is 26.2. The molecule has 1 N–H and O–H groups in total. The molecule has 75 heavy (non-hydrogen) atoms. The highest BCUT2D eigenvalue weighted by Crippen LogP contribution is 2.38. The third-order valence-electron chi connectivity index (χ3n) is 13.8. The van der Waals surface area contributed by atoms with Gasteiger partial charge in [-0.05, 0) is 68.0 Å². The minimum atomic E-state index is -1.34. The van der Waals surface area contributed by atoms with E-state index in [1.807, 2.05) is 217 Å². The fourth-order valence-corrected chi connectivity index (χ4v) is 9.59. The van der Waals surface area contributed by atoms with E-state index in [1.165, 1.54) is 0 Å². The van der Waals surface area contributed by atoms with Gasteiger partial charge in [0.25, 0.3) is 0 Å².